The van der Waals surface area contributed by atoms with Crippen LogP contribution in [0.2, 0.25) is 0 Å². The van der Waals surface area contributed by atoms with Gasteiger partial charge in [0.2, 0.25) is 0 Å². The summed E-state index contributed by atoms with van der Waals surface area (Å²) in [5.41, 5.74) is 3.24. The second kappa shape index (κ2) is 5.46. The van der Waals surface area contributed by atoms with Gasteiger partial charge in [0.15, 0.2) is 0 Å². The Morgan fingerprint density at radius 1 is 1.35 bits per heavy atom. The highest BCUT2D eigenvalue weighted by atomic mass is 35.5. The molecule has 104 valence electrons. The zero-order valence-corrected chi connectivity index (χ0v) is 13.0. The number of thiophene rings is 1. The van der Waals surface area contributed by atoms with Crippen LogP contribution < -0.4 is 4.74 Å². The van der Waals surface area contributed by atoms with Crippen LogP contribution in [-0.2, 0) is 12.4 Å². The normalized spacial score (nSPS) is 11.2. The number of rotatable bonds is 4. The number of aromatic nitrogens is 2. The number of nitrogens with zero attached hydrogens (tertiary/aromatic N) is 2. The second-order valence-electron chi connectivity index (χ2n) is 4.60. The number of halogens is 1. The molecule has 0 saturated heterocycles. The Labute approximate surface area is 126 Å². The smallest absolute Gasteiger partial charge is 0.146 e. The van der Waals surface area contributed by atoms with Gasteiger partial charge in [0.05, 0.1) is 25.1 Å². The zero-order chi connectivity index (χ0) is 14.1. The number of methoxy groups -OCH3 is 1. The van der Waals surface area contributed by atoms with Crippen molar-refractivity contribution in [3.8, 4) is 5.75 Å². The van der Waals surface area contributed by atoms with Crippen molar-refractivity contribution in [3.05, 3.63) is 45.9 Å². The van der Waals surface area contributed by atoms with Gasteiger partial charge in [-0.05, 0) is 36.1 Å². The van der Waals surface area contributed by atoms with Gasteiger partial charge in [-0.25, -0.2) is 4.98 Å². The Balaban J connectivity index is 2.16. The molecule has 1 aromatic carbocycles. The third-order valence-corrected chi connectivity index (χ3v) is 4.68. The summed E-state index contributed by atoms with van der Waals surface area (Å²) in [6.45, 7) is 2.93. The molecule has 0 aliphatic rings. The summed E-state index contributed by atoms with van der Waals surface area (Å²) < 4.78 is 7.55. The largest absolute Gasteiger partial charge is 0.494 e. The summed E-state index contributed by atoms with van der Waals surface area (Å²) in [5.74, 6) is 2.05. The van der Waals surface area contributed by atoms with Crippen LogP contribution in [0.4, 0.5) is 0 Å². The third-order valence-electron chi connectivity index (χ3n) is 3.43. The minimum atomic E-state index is 0.391. The van der Waals surface area contributed by atoms with Gasteiger partial charge < -0.3 is 9.30 Å². The van der Waals surface area contributed by atoms with Crippen molar-refractivity contribution in [3.63, 3.8) is 0 Å². The molecule has 0 fully saturated rings. The predicted molar refractivity (Wildman–Crippen MR) is 84.0 cm³/mol. The van der Waals surface area contributed by atoms with Gasteiger partial charge >= 0.3 is 0 Å². The quantitative estimate of drug-likeness (QED) is 0.675. The molecule has 0 N–H and O–H groups in total. The van der Waals surface area contributed by atoms with Crippen LogP contribution in [0.1, 0.15) is 16.3 Å². The lowest BCUT2D eigenvalue weighted by atomic mass is 10.2. The molecule has 3 aromatic rings. The Morgan fingerprint density at radius 3 is 2.85 bits per heavy atom. The van der Waals surface area contributed by atoms with Crippen LogP contribution in [0.3, 0.4) is 0 Å². The van der Waals surface area contributed by atoms with Gasteiger partial charge in [-0.3, -0.25) is 0 Å². The van der Waals surface area contributed by atoms with E-state index in [0.29, 0.717) is 5.88 Å². The molecule has 2 heterocycles. The molecule has 5 heteroatoms. The van der Waals surface area contributed by atoms with Crippen molar-refractivity contribution in [1.82, 2.24) is 9.55 Å². The van der Waals surface area contributed by atoms with Crippen molar-refractivity contribution in [1.29, 1.82) is 0 Å². The maximum Gasteiger partial charge on any atom is 0.146 e. The van der Waals surface area contributed by atoms with E-state index in [1.54, 1.807) is 18.4 Å². The number of hydrogen-bond donors (Lipinski definition) is 0. The van der Waals surface area contributed by atoms with Gasteiger partial charge in [0.25, 0.3) is 0 Å². The predicted octanol–water partition coefficient (Wildman–Crippen LogP) is 4.20. The van der Waals surface area contributed by atoms with E-state index in [4.69, 9.17) is 16.3 Å². The molecule has 0 radical (unpaired) electrons. The van der Waals surface area contributed by atoms with Crippen LogP contribution in [0, 0.1) is 6.92 Å². The average molecular weight is 307 g/mol. The minimum Gasteiger partial charge on any atom is -0.494 e. The maximum atomic E-state index is 6.06. The highest BCUT2D eigenvalue weighted by molar-refractivity contribution is 7.10. The molecular weight excluding hydrogens is 292 g/mol. The monoisotopic (exact) mass is 306 g/mol. The molecular formula is C15H15ClN2OS. The maximum absolute atomic E-state index is 6.06. The van der Waals surface area contributed by atoms with Crippen molar-refractivity contribution in [2.24, 2.45) is 0 Å². The summed E-state index contributed by atoms with van der Waals surface area (Å²) in [7, 11) is 1.66. The number of hydrogen-bond acceptors (Lipinski definition) is 3. The summed E-state index contributed by atoms with van der Waals surface area (Å²) in [6, 6.07) is 8.11. The fourth-order valence-electron chi connectivity index (χ4n) is 2.32. The minimum absolute atomic E-state index is 0.391. The lowest BCUT2D eigenvalue weighted by Crippen LogP contribution is -2.03. The molecule has 3 rings (SSSR count). The zero-order valence-electron chi connectivity index (χ0n) is 11.4. The first-order valence-electron chi connectivity index (χ1n) is 6.35. The number of alkyl halides is 1. The van der Waals surface area contributed by atoms with Gasteiger partial charge in [-0.2, -0.15) is 0 Å². The van der Waals surface area contributed by atoms with Crippen molar-refractivity contribution in [2.45, 2.75) is 19.3 Å². The average Bonchev–Trinajstić information content (AvgIpc) is 3.03. The van der Waals surface area contributed by atoms with Gasteiger partial charge in [-0.15, -0.1) is 22.9 Å². The summed E-state index contributed by atoms with van der Waals surface area (Å²) in [5, 5.41) is 2.12. The Morgan fingerprint density at radius 2 is 2.20 bits per heavy atom. The Hall–Kier alpha value is -1.52. The molecule has 3 nitrogen and oxygen atoms in total. The van der Waals surface area contributed by atoms with E-state index in [1.165, 1.54) is 10.4 Å². The molecule has 0 atom stereocenters. The highest BCUT2D eigenvalue weighted by Crippen LogP contribution is 2.28. The first kappa shape index (κ1) is 13.5. The van der Waals surface area contributed by atoms with Crippen LogP contribution >= 0.6 is 22.9 Å². The van der Waals surface area contributed by atoms with Crippen LogP contribution in [0.25, 0.3) is 11.0 Å². The Kier molecular flexibility index (Phi) is 3.68. The van der Waals surface area contributed by atoms with Crippen LogP contribution in [0.5, 0.6) is 5.75 Å². The van der Waals surface area contributed by atoms with Crippen molar-refractivity contribution in [2.75, 3.05) is 7.11 Å². The lowest BCUT2D eigenvalue weighted by Gasteiger charge is -2.07. The summed E-state index contributed by atoms with van der Waals surface area (Å²) in [4.78, 5) is 5.95. The van der Waals surface area contributed by atoms with Gasteiger partial charge in [0, 0.05) is 4.88 Å². The van der Waals surface area contributed by atoms with Gasteiger partial charge in [0.1, 0.15) is 17.1 Å². The van der Waals surface area contributed by atoms with Crippen molar-refractivity contribution < 1.29 is 4.74 Å². The van der Waals surface area contributed by atoms with Crippen LogP contribution in [0.15, 0.2) is 29.6 Å². The number of fused-ring (bicyclic) bond motifs is 1. The first-order chi connectivity index (χ1) is 9.74. The molecule has 0 spiro atoms. The van der Waals surface area contributed by atoms with Crippen LogP contribution in [-0.4, -0.2) is 16.7 Å². The first-order valence-corrected chi connectivity index (χ1v) is 7.77. The summed E-state index contributed by atoms with van der Waals surface area (Å²) in [6.07, 6.45) is 0. The van der Waals surface area contributed by atoms with E-state index < -0.39 is 0 Å². The number of ether oxygens (including phenoxy) is 1. The molecule has 0 saturated carbocycles. The molecule has 0 unspecified atom stereocenters. The fraction of sp³-hybridized carbons (Fsp3) is 0.267. The SMILES string of the molecule is COc1cccc2c1nc(CCl)n2Cc1sccc1C. The van der Waals surface area contributed by atoms with Crippen molar-refractivity contribution >= 4 is 34.0 Å². The van der Waals surface area contributed by atoms with E-state index in [-0.39, 0.29) is 0 Å². The number of aryl methyl sites for hydroxylation is 1. The van der Waals surface area contributed by atoms with Gasteiger partial charge in [-0.1, -0.05) is 6.07 Å². The fourth-order valence-corrected chi connectivity index (χ4v) is 3.42. The van der Waals surface area contributed by atoms with E-state index in [1.807, 2.05) is 12.1 Å². The molecule has 0 aliphatic heterocycles. The highest BCUT2D eigenvalue weighted by Gasteiger charge is 2.14. The van der Waals surface area contributed by atoms with E-state index >= 15 is 0 Å². The molecule has 0 aliphatic carbocycles. The lowest BCUT2D eigenvalue weighted by molar-refractivity contribution is 0.419. The Bertz CT molecular complexity index is 747. The molecule has 0 amide bonds. The number of imidazole rings is 1. The summed E-state index contributed by atoms with van der Waals surface area (Å²) >= 11 is 7.82. The topological polar surface area (TPSA) is 27.1 Å². The second-order valence-corrected chi connectivity index (χ2v) is 5.87. The molecule has 20 heavy (non-hydrogen) atoms. The third kappa shape index (κ3) is 2.19. The number of para-hydroxylation sites is 1. The standard InChI is InChI=1S/C15H15ClN2OS/c1-10-6-7-20-13(10)9-18-11-4-3-5-12(19-2)15(11)17-14(18)8-16/h3-7H,8-9H2,1-2H3. The van der Waals surface area contributed by atoms with E-state index in [0.717, 1.165) is 29.2 Å². The molecule has 2 aromatic heterocycles. The van der Waals surface area contributed by atoms with E-state index in [9.17, 15) is 0 Å². The molecule has 0 bridgehead atoms. The van der Waals surface area contributed by atoms with E-state index in [2.05, 4.69) is 34.0 Å². The number of benzene rings is 1.